The Bertz CT molecular complexity index is 2850. The maximum atomic E-state index is 14.0. The first-order valence-electron chi connectivity index (χ1n) is 23.2. The molecule has 0 saturated carbocycles. The van der Waals surface area contributed by atoms with Crippen LogP contribution in [0.1, 0.15) is 76.4 Å². The fourth-order valence-corrected chi connectivity index (χ4v) is 9.86. The van der Waals surface area contributed by atoms with E-state index in [1.54, 1.807) is 47.7 Å². The minimum Gasteiger partial charge on any atom is -0.494 e. The van der Waals surface area contributed by atoms with E-state index in [1.165, 1.54) is 11.0 Å². The summed E-state index contributed by atoms with van der Waals surface area (Å²) in [5.41, 5.74) is 2.68. The molecule has 2 aliphatic heterocycles. The number of aliphatic hydroxyl groups is 1. The number of nitrogens with zero attached hydrogens (tertiary/aromatic N) is 6. The molecule has 378 valence electrons. The number of thiocarbonyl (C=S) groups is 1. The molecule has 5 aromatic rings. The summed E-state index contributed by atoms with van der Waals surface area (Å²) in [6, 6.07) is 22.7. The van der Waals surface area contributed by atoms with E-state index in [0.717, 1.165) is 43.9 Å². The SMILES string of the molecule is Cc1ncsc1-c1ccc(CNC(=O)[C@@H]2C[C@@H](O)CN2C(=O)[C@@H](NC(=O)COCCCCOc2ccc(-c3ccc(N4C(=S)N(c5cnc(C#N)c(C(F)(F)F)c5)C(=O)C4(C)C)cc3)cc2)C(C)(C)C)cc1. The van der Waals surface area contributed by atoms with Crippen LogP contribution >= 0.6 is 23.6 Å². The number of unbranched alkanes of at least 4 members (excludes halogenated alkanes) is 1. The average Bonchev–Trinajstić information content (AvgIpc) is 4.01. The predicted octanol–water partition coefficient (Wildman–Crippen LogP) is 7.97. The molecule has 4 amide bonds. The first kappa shape index (κ1) is 53.0. The van der Waals surface area contributed by atoms with E-state index < -0.39 is 64.3 Å². The summed E-state index contributed by atoms with van der Waals surface area (Å²) < 4.78 is 52.8. The van der Waals surface area contributed by atoms with Crippen molar-refractivity contribution in [3.63, 3.8) is 0 Å². The minimum absolute atomic E-state index is 0.0370. The van der Waals surface area contributed by atoms with Crippen molar-refractivity contribution in [2.45, 2.75) is 97.3 Å². The van der Waals surface area contributed by atoms with Crippen LogP contribution in [0.3, 0.4) is 0 Å². The largest absolute Gasteiger partial charge is 0.494 e. The molecule has 0 bridgehead atoms. The number of benzene rings is 3. The van der Waals surface area contributed by atoms with Crippen molar-refractivity contribution in [2.75, 3.05) is 36.2 Å². The van der Waals surface area contributed by atoms with E-state index in [4.69, 9.17) is 21.7 Å². The number of β-amino-alcohol motifs (C(OH)–C–C–N with tert-alkyl or cyclic N) is 1. The van der Waals surface area contributed by atoms with Gasteiger partial charge in [0.25, 0.3) is 5.91 Å². The molecule has 20 heteroatoms. The van der Waals surface area contributed by atoms with Gasteiger partial charge in [-0.15, -0.1) is 11.3 Å². The van der Waals surface area contributed by atoms with Crippen molar-refractivity contribution in [3.8, 4) is 33.4 Å². The molecular formula is C52H55F3N8O7S2. The van der Waals surface area contributed by atoms with Crippen LogP contribution in [0.2, 0.25) is 0 Å². The summed E-state index contributed by atoms with van der Waals surface area (Å²) in [5.74, 6) is -1.25. The number of pyridine rings is 1. The fourth-order valence-electron chi connectivity index (χ4n) is 8.53. The number of hydrogen-bond donors (Lipinski definition) is 3. The van der Waals surface area contributed by atoms with Crippen molar-refractivity contribution in [2.24, 2.45) is 5.41 Å². The van der Waals surface area contributed by atoms with Gasteiger partial charge in [0.2, 0.25) is 17.7 Å². The second-order valence-corrected chi connectivity index (χ2v) is 20.4. The number of aromatic nitrogens is 2. The van der Waals surface area contributed by atoms with E-state index in [2.05, 4.69) is 20.6 Å². The van der Waals surface area contributed by atoms with Gasteiger partial charge in [0.1, 0.15) is 36.0 Å². The van der Waals surface area contributed by atoms with E-state index in [1.807, 2.05) is 88.4 Å². The van der Waals surface area contributed by atoms with Crippen molar-refractivity contribution < 1.29 is 46.9 Å². The maximum Gasteiger partial charge on any atom is 0.419 e. The summed E-state index contributed by atoms with van der Waals surface area (Å²) in [6.45, 7) is 11.2. The van der Waals surface area contributed by atoms with Gasteiger partial charge >= 0.3 is 6.18 Å². The van der Waals surface area contributed by atoms with Gasteiger partial charge in [0.05, 0.1) is 46.2 Å². The molecule has 0 spiro atoms. The van der Waals surface area contributed by atoms with Crippen molar-refractivity contribution in [1.82, 2.24) is 25.5 Å². The molecular weight excluding hydrogens is 970 g/mol. The summed E-state index contributed by atoms with van der Waals surface area (Å²) in [5, 5.41) is 25.4. The van der Waals surface area contributed by atoms with Crippen molar-refractivity contribution >= 4 is 63.7 Å². The maximum absolute atomic E-state index is 14.0. The van der Waals surface area contributed by atoms with Crippen LogP contribution in [-0.4, -0.2) is 98.8 Å². The molecule has 0 aliphatic carbocycles. The number of amides is 4. The lowest BCUT2D eigenvalue weighted by molar-refractivity contribution is -0.144. The number of nitriles is 1. The zero-order valence-electron chi connectivity index (χ0n) is 40.6. The number of ether oxygens (including phenoxy) is 2. The van der Waals surface area contributed by atoms with Gasteiger partial charge in [-0.3, -0.25) is 24.1 Å². The summed E-state index contributed by atoms with van der Waals surface area (Å²) in [6.07, 6.45) is -3.43. The number of carbonyl (C=O) groups is 4. The van der Waals surface area contributed by atoms with Gasteiger partial charge in [0.15, 0.2) is 10.8 Å². The number of nitrogens with one attached hydrogen (secondary N) is 2. The fraction of sp³-hybridized carbons (Fsp3) is 0.385. The number of carbonyl (C=O) groups excluding carboxylic acids is 4. The molecule has 7 rings (SSSR count). The number of rotatable bonds is 17. The lowest BCUT2D eigenvalue weighted by atomic mass is 9.85. The lowest BCUT2D eigenvalue weighted by Crippen LogP contribution is -2.58. The first-order chi connectivity index (χ1) is 34.1. The molecule has 2 aromatic heterocycles. The van der Waals surface area contributed by atoms with Crippen molar-refractivity contribution in [1.29, 1.82) is 5.26 Å². The van der Waals surface area contributed by atoms with Gasteiger partial charge in [-0.2, -0.15) is 18.4 Å². The smallest absolute Gasteiger partial charge is 0.419 e. The third-order valence-corrected chi connectivity index (χ3v) is 13.8. The second-order valence-electron chi connectivity index (χ2n) is 19.1. The molecule has 15 nitrogen and oxygen atoms in total. The summed E-state index contributed by atoms with van der Waals surface area (Å²) >= 11 is 7.20. The molecule has 3 N–H and O–H groups in total. The normalized spacial score (nSPS) is 17.2. The molecule has 4 heterocycles. The van der Waals surface area contributed by atoms with Crippen molar-refractivity contribution in [3.05, 3.63) is 113 Å². The van der Waals surface area contributed by atoms with E-state index in [0.29, 0.717) is 37.0 Å². The standard InChI is InChI=1S/C52H55F3N8O7S2/c1-31-44(72-30-59-31)35-11-9-32(10-12-35)26-58-46(66)42-24-38(64)28-61(42)47(67)45(50(2,3)4)60-43(65)29-69-21-7-8-22-70-39-19-15-34(16-20-39)33-13-17-36(18-14-33)63-49(71)62(48(68)51(63,5)6)37-23-40(52(53,54)55)41(25-56)57-27-37/h9-20,23,27,30,38,42,45,64H,7-8,21-22,24,26,28-29H2,1-6H3,(H,58,66)(H,60,65)/t38-,42+,45-/m1/s1. The molecule has 2 saturated heterocycles. The van der Waals surface area contributed by atoms with E-state index in [9.17, 15) is 42.7 Å². The molecule has 72 heavy (non-hydrogen) atoms. The molecule has 2 fully saturated rings. The Morgan fingerprint density at radius 3 is 2.21 bits per heavy atom. The number of thiazole rings is 1. The number of aryl methyl sites for hydroxylation is 1. The number of anilines is 2. The number of aliphatic hydroxyl groups excluding tert-OH is 1. The Labute approximate surface area is 425 Å². The second kappa shape index (κ2) is 21.9. The molecule has 2 aliphatic rings. The molecule has 0 radical (unpaired) electrons. The third kappa shape index (κ3) is 11.9. The number of likely N-dealkylation sites (tertiary alicyclic amines) is 1. The monoisotopic (exact) mass is 1020 g/mol. The topological polar surface area (TPSA) is 190 Å². The van der Waals surface area contributed by atoms with Gasteiger partial charge in [0, 0.05) is 31.8 Å². The Morgan fingerprint density at radius 1 is 0.958 bits per heavy atom. The van der Waals surface area contributed by atoms with Gasteiger partial charge in [-0.25, -0.2) is 9.97 Å². The minimum atomic E-state index is -4.87. The van der Waals surface area contributed by atoms with Crippen LogP contribution in [0.5, 0.6) is 5.75 Å². The van der Waals surface area contributed by atoms with Crippen LogP contribution in [-0.2, 0) is 36.6 Å². The Morgan fingerprint density at radius 2 is 1.60 bits per heavy atom. The molecule has 0 unspecified atom stereocenters. The van der Waals surface area contributed by atoms with Crippen LogP contribution < -0.4 is 25.2 Å². The summed E-state index contributed by atoms with van der Waals surface area (Å²) in [4.78, 5) is 67.1. The predicted molar refractivity (Wildman–Crippen MR) is 270 cm³/mol. The Balaban J connectivity index is 0.841. The van der Waals surface area contributed by atoms with Gasteiger partial charge < -0.3 is 35.0 Å². The van der Waals surface area contributed by atoms with Gasteiger partial charge in [-0.05, 0) is 104 Å². The van der Waals surface area contributed by atoms with Gasteiger partial charge in [-0.1, -0.05) is 69.3 Å². The Hall–Kier alpha value is -6.79. The molecule has 3 atom stereocenters. The van der Waals surface area contributed by atoms with Crippen LogP contribution in [0.25, 0.3) is 21.6 Å². The Kier molecular flexibility index (Phi) is 16.1. The summed E-state index contributed by atoms with van der Waals surface area (Å²) in [7, 11) is 0. The molecule has 3 aromatic carbocycles. The highest BCUT2D eigenvalue weighted by Crippen LogP contribution is 2.40. The average molecular weight is 1030 g/mol. The number of hydrogen-bond acceptors (Lipinski definition) is 12. The van der Waals surface area contributed by atoms with E-state index >= 15 is 0 Å². The highest BCUT2D eigenvalue weighted by atomic mass is 32.1. The third-order valence-electron chi connectivity index (χ3n) is 12.4. The lowest BCUT2D eigenvalue weighted by Gasteiger charge is -2.35. The zero-order chi connectivity index (χ0) is 52.1. The van der Waals surface area contributed by atoms with E-state index in [-0.39, 0.29) is 49.4 Å². The quantitative estimate of drug-likeness (QED) is 0.0603. The van der Waals surface area contributed by atoms with Crippen LogP contribution in [0.15, 0.2) is 90.6 Å². The highest BCUT2D eigenvalue weighted by molar-refractivity contribution is 7.81. The highest BCUT2D eigenvalue weighted by Gasteiger charge is 2.51. The number of alkyl halides is 3. The zero-order valence-corrected chi connectivity index (χ0v) is 42.2. The number of halogens is 3. The van der Waals surface area contributed by atoms with Crippen LogP contribution in [0.4, 0.5) is 24.5 Å². The van der Waals surface area contributed by atoms with Crippen LogP contribution in [0, 0.1) is 23.7 Å². The first-order valence-corrected chi connectivity index (χ1v) is 24.5.